The zero-order chi connectivity index (χ0) is 19.9. The number of hydrogen-bond acceptors (Lipinski definition) is 7. The molecule has 0 aliphatic rings. The number of benzene rings is 2. The third-order valence-corrected chi connectivity index (χ3v) is 5.73. The van der Waals surface area contributed by atoms with Crippen molar-refractivity contribution in [2.45, 2.75) is 16.6 Å². The molecule has 0 aliphatic carbocycles. The Morgan fingerprint density at radius 1 is 1.14 bits per heavy atom. The van der Waals surface area contributed by atoms with Crippen LogP contribution < -0.4 is 4.74 Å². The molecule has 28 heavy (non-hydrogen) atoms. The first-order valence-corrected chi connectivity index (χ1v) is 10.7. The van der Waals surface area contributed by atoms with Gasteiger partial charge in [0.05, 0.1) is 18.6 Å². The summed E-state index contributed by atoms with van der Waals surface area (Å²) in [7, 11) is 3.42. The first-order chi connectivity index (χ1) is 13.6. The zero-order valence-electron chi connectivity index (χ0n) is 15.9. The van der Waals surface area contributed by atoms with Crippen molar-refractivity contribution >= 4 is 29.4 Å². The first kappa shape index (κ1) is 20.2. The molecule has 1 aromatic heterocycles. The van der Waals surface area contributed by atoms with Crippen LogP contribution in [0.4, 0.5) is 0 Å². The van der Waals surface area contributed by atoms with E-state index in [0.717, 1.165) is 17.0 Å². The van der Waals surface area contributed by atoms with Crippen LogP contribution in [0.2, 0.25) is 0 Å². The molecule has 0 N–H and O–H groups in total. The van der Waals surface area contributed by atoms with Crippen LogP contribution in [-0.2, 0) is 11.3 Å². The molecule has 1 heterocycles. The predicted molar refractivity (Wildman–Crippen MR) is 111 cm³/mol. The van der Waals surface area contributed by atoms with Crippen molar-refractivity contribution in [2.24, 2.45) is 0 Å². The minimum Gasteiger partial charge on any atom is -0.497 e. The Balaban J connectivity index is 1.59. The fraction of sp³-hybridized carbons (Fsp3) is 0.263. The molecule has 0 fully saturated rings. The van der Waals surface area contributed by atoms with Gasteiger partial charge in [0, 0.05) is 18.5 Å². The van der Waals surface area contributed by atoms with Crippen LogP contribution in [0.15, 0.2) is 58.6 Å². The molecule has 9 heteroatoms. The Morgan fingerprint density at radius 2 is 1.86 bits per heavy atom. The smallest absolute Gasteiger partial charge is 0.233 e. The highest BCUT2D eigenvalue weighted by atomic mass is 32.2. The van der Waals surface area contributed by atoms with Crippen LogP contribution >= 0.6 is 23.5 Å². The van der Waals surface area contributed by atoms with E-state index < -0.39 is 0 Å². The van der Waals surface area contributed by atoms with Crippen molar-refractivity contribution in [2.75, 3.05) is 26.2 Å². The van der Waals surface area contributed by atoms with Crippen LogP contribution in [0, 0.1) is 0 Å². The molecule has 7 nitrogen and oxygen atoms in total. The summed E-state index contributed by atoms with van der Waals surface area (Å²) in [5.74, 6) is 1.03. The molecule has 3 rings (SSSR count). The Morgan fingerprint density at radius 3 is 2.50 bits per heavy atom. The van der Waals surface area contributed by atoms with Gasteiger partial charge in [-0.25, -0.2) is 0 Å². The molecule has 0 atom stereocenters. The Kier molecular flexibility index (Phi) is 6.94. The lowest BCUT2D eigenvalue weighted by atomic mass is 10.2. The predicted octanol–water partition coefficient (Wildman–Crippen LogP) is 3.14. The van der Waals surface area contributed by atoms with Gasteiger partial charge in [0.1, 0.15) is 5.75 Å². The normalized spacial score (nSPS) is 10.7. The third kappa shape index (κ3) is 5.05. The highest BCUT2D eigenvalue weighted by Gasteiger charge is 2.14. The summed E-state index contributed by atoms with van der Waals surface area (Å²) in [6, 6.07) is 15.6. The highest BCUT2D eigenvalue weighted by Crippen LogP contribution is 2.21. The van der Waals surface area contributed by atoms with Crippen LogP contribution in [0.25, 0.3) is 5.69 Å². The second kappa shape index (κ2) is 9.61. The van der Waals surface area contributed by atoms with Crippen LogP contribution in [0.5, 0.6) is 5.75 Å². The summed E-state index contributed by atoms with van der Waals surface area (Å²) < 4.78 is 6.78. The summed E-state index contributed by atoms with van der Waals surface area (Å²) in [6.45, 7) is 0.567. The van der Waals surface area contributed by atoms with Gasteiger partial charge >= 0.3 is 0 Å². The van der Waals surface area contributed by atoms with E-state index in [-0.39, 0.29) is 11.7 Å². The monoisotopic (exact) mass is 415 g/mol. The number of tetrazole rings is 1. The number of thioether (sulfide) groups is 2. The van der Waals surface area contributed by atoms with Gasteiger partial charge in [-0.2, -0.15) is 4.68 Å². The maximum absolute atomic E-state index is 12.5. The highest BCUT2D eigenvalue weighted by molar-refractivity contribution is 7.99. The van der Waals surface area contributed by atoms with E-state index in [1.165, 1.54) is 16.7 Å². The average molecular weight is 416 g/mol. The van der Waals surface area contributed by atoms with Gasteiger partial charge < -0.3 is 9.64 Å². The molecule has 2 aromatic carbocycles. The second-order valence-electron chi connectivity index (χ2n) is 5.96. The van der Waals surface area contributed by atoms with Crippen molar-refractivity contribution in [3.63, 3.8) is 0 Å². The van der Waals surface area contributed by atoms with Crippen molar-refractivity contribution < 1.29 is 9.53 Å². The number of carbonyl (C=O) groups excluding carboxylic acids is 1. The summed E-state index contributed by atoms with van der Waals surface area (Å²) in [6.07, 6.45) is 2.04. The fourth-order valence-electron chi connectivity index (χ4n) is 2.48. The van der Waals surface area contributed by atoms with E-state index in [1.54, 1.807) is 35.5 Å². The SMILES string of the molecule is COc1ccc(-n2nnnc2SCC(=O)N(C)Cc2ccc(SC)cc2)cc1. The molecule has 146 valence electrons. The molecule has 0 radical (unpaired) electrons. The Hall–Kier alpha value is -2.52. The van der Waals surface area contributed by atoms with Crippen molar-refractivity contribution in [1.29, 1.82) is 0 Å². The third-order valence-electron chi connectivity index (χ3n) is 4.09. The molecule has 3 aromatic rings. The summed E-state index contributed by atoms with van der Waals surface area (Å²) in [5.41, 5.74) is 1.91. The van der Waals surface area contributed by atoms with Gasteiger partial charge in [0.15, 0.2) is 0 Å². The zero-order valence-corrected chi connectivity index (χ0v) is 17.5. The van der Waals surface area contributed by atoms with Gasteiger partial charge in [-0.3, -0.25) is 4.79 Å². The van der Waals surface area contributed by atoms with E-state index in [4.69, 9.17) is 4.74 Å². The van der Waals surface area contributed by atoms with Gasteiger partial charge in [-0.1, -0.05) is 23.9 Å². The van der Waals surface area contributed by atoms with Crippen LogP contribution in [0.1, 0.15) is 5.56 Å². The van der Waals surface area contributed by atoms with Gasteiger partial charge in [-0.05, 0) is 58.6 Å². The topological polar surface area (TPSA) is 73.1 Å². The van der Waals surface area contributed by atoms with Gasteiger partial charge in [0.25, 0.3) is 0 Å². The van der Waals surface area contributed by atoms with Crippen LogP contribution in [-0.4, -0.2) is 57.2 Å². The lowest BCUT2D eigenvalue weighted by molar-refractivity contribution is -0.127. The van der Waals surface area contributed by atoms with Crippen molar-refractivity contribution in [3.05, 3.63) is 54.1 Å². The number of carbonyl (C=O) groups is 1. The standard InChI is InChI=1S/C19H21N5O2S2/c1-23(12-14-4-10-17(27-3)11-5-14)18(25)13-28-19-20-21-22-24(19)15-6-8-16(26-2)9-7-15/h4-11H,12-13H2,1-3H3. The maximum atomic E-state index is 12.5. The molecule has 0 spiro atoms. The minimum atomic E-state index is 0.0169. The Labute approximate surface area is 172 Å². The number of nitrogens with zero attached hydrogens (tertiary/aromatic N) is 5. The van der Waals surface area contributed by atoms with Crippen molar-refractivity contribution in [3.8, 4) is 11.4 Å². The van der Waals surface area contributed by atoms with E-state index >= 15 is 0 Å². The molecule has 0 unspecified atom stereocenters. The largest absolute Gasteiger partial charge is 0.497 e. The minimum absolute atomic E-state index is 0.0169. The average Bonchev–Trinajstić information content (AvgIpc) is 3.21. The number of rotatable bonds is 8. The molecular formula is C19H21N5O2S2. The number of aromatic nitrogens is 4. The lowest BCUT2D eigenvalue weighted by Gasteiger charge is -2.17. The summed E-state index contributed by atoms with van der Waals surface area (Å²) >= 11 is 3.01. The number of ether oxygens (including phenoxy) is 1. The number of hydrogen-bond donors (Lipinski definition) is 0. The first-order valence-electron chi connectivity index (χ1n) is 8.53. The van der Waals surface area contributed by atoms with Gasteiger partial charge in [-0.15, -0.1) is 16.9 Å². The molecule has 0 saturated heterocycles. The molecule has 0 bridgehead atoms. The van der Waals surface area contributed by atoms with E-state index in [9.17, 15) is 4.79 Å². The Bertz CT molecular complexity index is 913. The van der Waals surface area contributed by atoms with Crippen molar-refractivity contribution in [1.82, 2.24) is 25.1 Å². The van der Waals surface area contributed by atoms with E-state index in [2.05, 4.69) is 27.7 Å². The van der Waals surface area contributed by atoms with Crippen LogP contribution in [0.3, 0.4) is 0 Å². The van der Waals surface area contributed by atoms with E-state index in [0.29, 0.717) is 11.7 Å². The van der Waals surface area contributed by atoms with E-state index in [1.807, 2.05) is 42.7 Å². The summed E-state index contributed by atoms with van der Waals surface area (Å²) in [4.78, 5) is 15.4. The molecule has 0 aliphatic heterocycles. The molecule has 1 amide bonds. The lowest BCUT2D eigenvalue weighted by Crippen LogP contribution is -2.27. The fourth-order valence-corrected chi connectivity index (χ4v) is 3.72. The molecular weight excluding hydrogens is 394 g/mol. The number of amides is 1. The summed E-state index contributed by atoms with van der Waals surface area (Å²) in [5, 5.41) is 12.3. The maximum Gasteiger partial charge on any atom is 0.233 e. The molecule has 0 saturated carbocycles. The van der Waals surface area contributed by atoms with Gasteiger partial charge in [0.2, 0.25) is 11.1 Å². The number of methoxy groups -OCH3 is 1. The quantitative estimate of drug-likeness (QED) is 0.523. The second-order valence-corrected chi connectivity index (χ2v) is 7.78.